The third-order valence-electron chi connectivity index (χ3n) is 7.26. The minimum Gasteiger partial charge on any atom is -0.334 e. The Bertz CT molecular complexity index is 1760. The lowest BCUT2D eigenvalue weighted by molar-refractivity contribution is 0.0687. The van der Waals surface area contributed by atoms with Crippen LogP contribution in [0.4, 0.5) is 5.69 Å². The second-order valence-electron chi connectivity index (χ2n) is 10.2. The number of carbonyl (C=O) groups is 1. The predicted octanol–water partition coefficient (Wildman–Crippen LogP) is 6.09. The second-order valence-corrected chi connectivity index (χ2v) is 12.9. The van der Waals surface area contributed by atoms with E-state index in [9.17, 15) is 18.0 Å². The van der Waals surface area contributed by atoms with Gasteiger partial charge in [-0.2, -0.15) is 0 Å². The third kappa shape index (κ3) is 5.54. The van der Waals surface area contributed by atoms with Crippen molar-refractivity contribution < 1.29 is 13.2 Å². The molecular weight excluding hydrogens is 583 g/mol. The lowest BCUT2D eigenvalue weighted by Crippen LogP contribution is -2.35. The number of aromatic nitrogens is 2. The van der Waals surface area contributed by atoms with Gasteiger partial charge in [0.25, 0.3) is 21.5 Å². The van der Waals surface area contributed by atoms with Gasteiger partial charge in [-0.3, -0.25) is 18.6 Å². The first-order chi connectivity index (χ1) is 19.3. The molecule has 11 heteroatoms. The Labute approximate surface area is 250 Å². The van der Waals surface area contributed by atoms with Gasteiger partial charge in [0.2, 0.25) is 0 Å². The average Bonchev–Trinajstić information content (AvgIpc) is 3.16. The van der Waals surface area contributed by atoms with Crippen LogP contribution < -0.4 is 9.86 Å². The Morgan fingerprint density at radius 3 is 2.12 bits per heavy atom. The molecule has 0 spiro atoms. The Balaban J connectivity index is 1.75. The van der Waals surface area contributed by atoms with E-state index in [0.29, 0.717) is 16.4 Å². The van der Waals surface area contributed by atoms with Crippen molar-refractivity contribution in [2.45, 2.75) is 31.7 Å². The van der Waals surface area contributed by atoms with Crippen molar-refractivity contribution in [3.05, 3.63) is 110 Å². The molecule has 0 bridgehead atoms. The quantitative estimate of drug-likeness (QED) is 0.240. The van der Waals surface area contributed by atoms with E-state index in [1.54, 1.807) is 56.0 Å². The van der Waals surface area contributed by atoms with Crippen LogP contribution in [-0.2, 0) is 17.1 Å². The molecule has 0 fully saturated rings. The van der Waals surface area contributed by atoms with Crippen LogP contribution in [0.15, 0.2) is 82.5 Å². The molecule has 0 N–H and O–H groups in total. The van der Waals surface area contributed by atoms with Crippen molar-refractivity contribution in [3.8, 4) is 5.69 Å². The van der Waals surface area contributed by atoms with Crippen molar-refractivity contribution in [1.82, 2.24) is 14.3 Å². The van der Waals surface area contributed by atoms with Crippen LogP contribution in [-0.4, -0.2) is 42.7 Å². The second kappa shape index (κ2) is 11.8. The Hall–Kier alpha value is -3.53. The summed E-state index contributed by atoms with van der Waals surface area (Å²) in [5.41, 5.74) is 1.35. The molecule has 1 atom stereocenters. The SMILES string of the molecule is Cc1c(N(C)S(=O)(=O)c2ccc(Cl)c(C(=O)N(C)C(c3ccccc3Cl)C(C)C)c2)c(=O)n(-c2ccccc2)n1C. The molecule has 1 unspecified atom stereocenters. The normalized spacial score (nSPS) is 12.4. The van der Waals surface area contributed by atoms with E-state index in [1.165, 1.54) is 34.8 Å². The smallest absolute Gasteiger partial charge is 0.296 e. The van der Waals surface area contributed by atoms with E-state index in [2.05, 4.69) is 0 Å². The number of anilines is 1. The van der Waals surface area contributed by atoms with Crippen LogP contribution in [0.5, 0.6) is 0 Å². The highest BCUT2D eigenvalue weighted by atomic mass is 35.5. The zero-order valence-corrected chi connectivity index (χ0v) is 26.0. The van der Waals surface area contributed by atoms with E-state index in [1.807, 2.05) is 38.1 Å². The highest BCUT2D eigenvalue weighted by Crippen LogP contribution is 2.35. The maximum absolute atomic E-state index is 13.8. The van der Waals surface area contributed by atoms with Crippen molar-refractivity contribution in [2.24, 2.45) is 13.0 Å². The summed E-state index contributed by atoms with van der Waals surface area (Å²) in [5, 5.41) is 0.627. The molecule has 0 aliphatic rings. The van der Waals surface area contributed by atoms with Crippen LogP contribution in [0.3, 0.4) is 0 Å². The first kappa shape index (κ1) is 30.4. The fourth-order valence-corrected chi connectivity index (χ4v) is 6.79. The molecule has 41 heavy (non-hydrogen) atoms. The number of nitrogens with zero attached hydrogens (tertiary/aromatic N) is 4. The van der Waals surface area contributed by atoms with Gasteiger partial charge in [0, 0.05) is 26.2 Å². The van der Waals surface area contributed by atoms with Gasteiger partial charge in [-0.05, 0) is 54.8 Å². The van der Waals surface area contributed by atoms with Crippen molar-refractivity contribution >= 4 is 44.8 Å². The lowest BCUT2D eigenvalue weighted by atomic mass is 9.94. The predicted molar refractivity (Wildman–Crippen MR) is 164 cm³/mol. The van der Waals surface area contributed by atoms with Gasteiger partial charge in [-0.1, -0.05) is 73.4 Å². The molecule has 0 aliphatic heterocycles. The van der Waals surface area contributed by atoms with Crippen LogP contribution in [0.25, 0.3) is 5.69 Å². The van der Waals surface area contributed by atoms with Gasteiger partial charge >= 0.3 is 0 Å². The van der Waals surface area contributed by atoms with Gasteiger partial charge in [0.05, 0.1) is 32.9 Å². The monoisotopic (exact) mass is 614 g/mol. The number of carbonyl (C=O) groups excluding carboxylic acids is 1. The van der Waals surface area contributed by atoms with Crippen LogP contribution >= 0.6 is 23.2 Å². The minimum absolute atomic E-state index is 0.00473. The minimum atomic E-state index is -4.26. The van der Waals surface area contributed by atoms with Crippen molar-refractivity contribution in [3.63, 3.8) is 0 Å². The zero-order chi connectivity index (χ0) is 30.2. The Kier molecular flexibility index (Phi) is 8.73. The summed E-state index contributed by atoms with van der Waals surface area (Å²) in [7, 11) is 0.387. The van der Waals surface area contributed by atoms with E-state index in [0.717, 1.165) is 9.87 Å². The lowest BCUT2D eigenvalue weighted by Gasteiger charge is -2.32. The van der Waals surface area contributed by atoms with Crippen LogP contribution in [0, 0.1) is 12.8 Å². The highest BCUT2D eigenvalue weighted by Gasteiger charge is 2.32. The number of hydrogen-bond donors (Lipinski definition) is 0. The first-order valence-corrected chi connectivity index (χ1v) is 15.1. The summed E-state index contributed by atoms with van der Waals surface area (Å²) in [4.78, 5) is 28.6. The molecule has 0 saturated heterocycles. The summed E-state index contributed by atoms with van der Waals surface area (Å²) in [6.45, 7) is 5.62. The fraction of sp³-hybridized carbons (Fsp3) is 0.267. The number of benzene rings is 3. The topological polar surface area (TPSA) is 84.6 Å². The van der Waals surface area contributed by atoms with E-state index >= 15 is 0 Å². The molecule has 0 saturated carbocycles. The number of hydrogen-bond acceptors (Lipinski definition) is 4. The molecule has 8 nitrogen and oxygen atoms in total. The molecule has 3 aromatic carbocycles. The van der Waals surface area contributed by atoms with E-state index < -0.39 is 27.5 Å². The summed E-state index contributed by atoms with van der Waals surface area (Å²) in [5.74, 6) is -0.468. The van der Waals surface area contributed by atoms with Crippen LogP contribution in [0.2, 0.25) is 10.0 Å². The number of amides is 1. The Morgan fingerprint density at radius 2 is 1.51 bits per heavy atom. The van der Waals surface area contributed by atoms with Gasteiger partial charge in [-0.25, -0.2) is 13.1 Å². The molecular formula is C30H32Cl2N4O4S. The number of halogens is 2. The Morgan fingerprint density at radius 1 is 0.902 bits per heavy atom. The molecule has 1 amide bonds. The fourth-order valence-electron chi connectivity index (χ4n) is 5.07. The largest absolute Gasteiger partial charge is 0.334 e. The first-order valence-electron chi connectivity index (χ1n) is 12.9. The average molecular weight is 616 g/mol. The number of sulfonamides is 1. The van der Waals surface area contributed by atoms with Gasteiger partial charge < -0.3 is 4.90 Å². The number of rotatable bonds is 8. The maximum Gasteiger partial charge on any atom is 0.296 e. The molecule has 1 aromatic heterocycles. The standard InChI is InChI=1S/C30H32Cl2N4O4S/c1-19(2)27(23-14-10-11-15-25(23)31)33(4)29(37)24-18-22(16-17-26(24)32)41(39,40)35(6)28-20(3)34(5)36(30(28)38)21-12-8-7-9-13-21/h7-19,27H,1-6H3. The molecule has 4 aromatic rings. The molecule has 0 radical (unpaired) electrons. The molecule has 0 aliphatic carbocycles. The molecule has 4 rings (SSSR count). The summed E-state index contributed by atoms with van der Waals surface area (Å²) < 4.78 is 31.6. The molecule has 1 heterocycles. The van der Waals surface area contributed by atoms with Crippen LogP contribution in [0.1, 0.15) is 41.5 Å². The summed E-state index contributed by atoms with van der Waals surface area (Å²) in [6, 6.07) is 19.8. The van der Waals surface area contributed by atoms with Crippen molar-refractivity contribution in [1.29, 1.82) is 0 Å². The maximum atomic E-state index is 13.8. The van der Waals surface area contributed by atoms with Crippen molar-refractivity contribution in [2.75, 3.05) is 18.4 Å². The third-order valence-corrected chi connectivity index (χ3v) is 9.69. The van der Waals surface area contributed by atoms with Gasteiger partial charge in [0.1, 0.15) is 5.69 Å². The van der Waals surface area contributed by atoms with E-state index in [4.69, 9.17) is 23.2 Å². The van der Waals surface area contributed by atoms with Gasteiger partial charge in [-0.15, -0.1) is 0 Å². The summed E-state index contributed by atoms with van der Waals surface area (Å²) >= 11 is 12.9. The molecule has 216 valence electrons. The van der Waals surface area contributed by atoms with Gasteiger partial charge in [0.15, 0.2) is 0 Å². The zero-order valence-electron chi connectivity index (χ0n) is 23.7. The summed E-state index contributed by atoms with van der Waals surface area (Å²) in [6.07, 6.45) is 0. The number of para-hydroxylation sites is 1. The highest BCUT2D eigenvalue weighted by molar-refractivity contribution is 7.92. The van der Waals surface area contributed by atoms with E-state index in [-0.39, 0.29) is 27.1 Å².